The van der Waals surface area contributed by atoms with Gasteiger partial charge in [-0.3, -0.25) is 4.79 Å². The van der Waals surface area contributed by atoms with Gasteiger partial charge in [0.15, 0.2) is 11.4 Å². The van der Waals surface area contributed by atoms with Crippen LogP contribution in [0.1, 0.15) is 70.4 Å². The highest BCUT2D eigenvalue weighted by Crippen LogP contribution is 2.34. The van der Waals surface area contributed by atoms with Crippen molar-refractivity contribution in [1.29, 1.82) is 0 Å². The average Bonchev–Trinajstić information content (AvgIpc) is 3.26. The van der Waals surface area contributed by atoms with E-state index in [-0.39, 0.29) is 11.8 Å². The molecule has 1 saturated carbocycles. The number of esters is 1. The molecule has 4 aromatic rings. The first-order valence-electron chi connectivity index (χ1n) is 13.9. The lowest BCUT2D eigenvalue weighted by atomic mass is 9.84. The first-order chi connectivity index (χ1) is 19.3. The Balaban J connectivity index is 1.46. The normalized spacial score (nSPS) is 14.7. The standard InChI is InChI=1S/C34H37NO5/c1-23-11-13-27(14-12-23)32(36)31-24(2)35(30-20-28(38-3)15-16-29(30)31)21-25-9-8-10-26(19-25)22-40-34(33(37)39-4)17-6-5-7-18-34/h8-16,19-20H,5-7,17-18,21-22H2,1-4H3. The van der Waals surface area contributed by atoms with E-state index in [2.05, 4.69) is 16.7 Å². The van der Waals surface area contributed by atoms with Crippen LogP contribution in [0.15, 0.2) is 66.7 Å². The maximum Gasteiger partial charge on any atom is 0.338 e. The third-order valence-electron chi connectivity index (χ3n) is 8.14. The predicted octanol–water partition coefficient (Wildman–Crippen LogP) is 6.94. The van der Waals surface area contributed by atoms with Crippen LogP contribution in [-0.4, -0.2) is 36.1 Å². The molecule has 6 heteroatoms. The van der Waals surface area contributed by atoms with Crippen molar-refractivity contribution in [2.45, 2.75) is 64.7 Å². The van der Waals surface area contributed by atoms with Crippen LogP contribution < -0.4 is 4.74 Å². The minimum Gasteiger partial charge on any atom is -0.497 e. The number of hydrogen-bond donors (Lipinski definition) is 0. The minimum atomic E-state index is -0.863. The SMILES string of the molecule is COC(=O)C1(OCc2cccc(Cn3c(C)c(C(=O)c4ccc(C)cc4)c4ccc(OC)cc43)c2)CCCCC1. The van der Waals surface area contributed by atoms with E-state index in [0.29, 0.717) is 37.1 Å². The van der Waals surface area contributed by atoms with Crippen LogP contribution in [0.4, 0.5) is 0 Å². The third-order valence-corrected chi connectivity index (χ3v) is 8.14. The molecule has 0 saturated heterocycles. The van der Waals surface area contributed by atoms with Crippen molar-refractivity contribution in [2.24, 2.45) is 0 Å². The predicted molar refractivity (Wildman–Crippen MR) is 156 cm³/mol. The van der Waals surface area contributed by atoms with Gasteiger partial charge in [-0.2, -0.15) is 0 Å². The van der Waals surface area contributed by atoms with Gasteiger partial charge in [0, 0.05) is 29.3 Å². The zero-order valence-corrected chi connectivity index (χ0v) is 23.8. The Labute approximate surface area is 235 Å². The Morgan fingerprint density at radius 1 is 0.875 bits per heavy atom. The van der Waals surface area contributed by atoms with Crippen molar-refractivity contribution >= 4 is 22.7 Å². The van der Waals surface area contributed by atoms with E-state index in [0.717, 1.165) is 58.3 Å². The first-order valence-corrected chi connectivity index (χ1v) is 13.9. The van der Waals surface area contributed by atoms with E-state index >= 15 is 0 Å². The number of carbonyl (C=O) groups is 2. The van der Waals surface area contributed by atoms with Crippen LogP contribution in [0.3, 0.4) is 0 Å². The third kappa shape index (κ3) is 5.41. The van der Waals surface area contributed by atoms with Gasteiger partial charge in [0.25, 0.3) is 0 Å². The molecule has 0 radical (unpaired) electrons. The van der Waals surface area contributed by atoms with Gasteiger partial charge in [-0.05, 0) is 62.8 Å². The van der Waals surface area contributed by atoms with Crippen LogP contribution in [0.5, 0.6) is 5.75 Å². The zero-order valence-electron chi connectivity index (χ0n) is 23.8. The molecule has 6 nitrogen and oxygen atoms in total. The summed E-state index contributed by atoms with van der Waals surface area (Å²) < 4.78 is 19.1. The summed E-state index contributed by atoms with van der Waals surface area (Å²) in [4.78, 5) is 26.3. The van der Waals surface area contributed by atoms with E-state index < -0.39 is 5.60 Å². The van der Waals surface area contributed by atoms with Gasteiger partial charge in [0.2, 0.25) is 0 Å². The quantitative estimate of drug-likeness (QED) is 0.170. The summed E-state index contributed by atoms with van der Waals surface area (Å²) in [5.74, 6) is 0.468. The number of hydrogen-bond acceptors (Lipinski definition) is 5. The fraction of sp³-hybridized carbons (Fsp3) is 0.353. The van der Waals surface area contributed by atoms with Crippen molar-refractivity contribution in [3.63, 3.8) is 0 Å². The second-order valence-corrected chi connectivity index (χ2v) is 10.8. The average molecular weight is 540 g/mol. The topological polar surface area (TPSA) is 66.8 Å². The monoisotopic (exact) mass is 539 g/mol. The van der Waals surface area contributed by atoms with E-state index in [1.165, 1.54) is 7.11 Å². The molecule has 1 aliphatic rings. The highest BCUT2D eigenvalue weighted by atomic mass is 16.6. The van der Waals surface area contributed by atoms with Crippen LogP contribution in [0.25, 0.3) is 10.9 Å². The number of aryl methyl sites for hydroxylation is 1. The lowest BCUT2D eigenvalue weighted by molar-refractivity contribution is -0.176. The van der Waals surface area contributed by atoms with Gasteiger partial charge < -0.3 is 18.8 Å². The summed E-state index contributed by atoms with van der Waals surface area (Å²) in [7, 11) is 3.08. The number of methoxy groups -OCH3 is 2. The van der Waals surface area contributed by atoms with Crippen molar-refractivity contribution in [3.05, 3.63) is 100 Å². The van der Waals surface area contributed by atoms with Crippen LogP contribution in [0.2, 0.25) is 0 Å². The van der Waals surface area contributed by atoms with Crippen molar-refractivity contribution in [1.82, 2.24) is 4.57 Å². The van der Waals surface area contributed by atoms with Gasteiger partial charge in [0.1, 0.15) is 5.75 Å². The van der Waals surface area contributed by atoms with Crippen LogP contribution in [-0.2, 0) is 27.4 Å². The molecular weight excluding hydrogens is 502 g/mol. The molecule has 208 valence electrons. The Morgan fingerprint density at radius 3 is 2.30 bits per heavy atom. The minimum absolute atomic E-state index is 0.00848. The Hall–Kier alpha value is -3.90. The van der Waals surface area contributed by atoms with Gasteiger partial charge in [-0.25, -0.2) is 4.79 Å². The number of carbonyl (C=O) groups excluding carboxylic acids is 2. The number of aromatic nitrogens is 1. The number of ether oxygens (including phenoxy) is 3. The fourth-order valence-corrected chi connectivity index (χ4v) is 5.86. The summed E-state index contributed by atoms with van der Waals surface area (Å²) in [6.45, 7) is 4.93. The van der Waals surface area contributed by atoms with Crippen molar-refractivity contribution < 1.29 is 23.8 Å². The lowest BCUT2D eigenvalue weighted by Crippen LogP contribution is -2.44. The summed E-state index contributed by atoms with van der Waals surface area (Å²) in [5, 5.41) is 0.903. The maximum absolute atomic E-state index is 13.7. The van der Waals surface area contributed by atoms with Crippen LogP contribution in [0, 0.1) is 13.8 Å². The number of benzene rings is 3. The van der Waals surface area contributed by atoms with E-state index in [1.54, 1.807) is 7.11 Å². The highest BCUT2D eigenvalue weighted by Gasteiger charge is 2.41. The molecule has 3 aromatic carbocycles. The summed E-state index contributed by atoms with van der Waals surface area (Å²) >= 11 is 0. The number of ketones is 1. The molecule has 1 fully saturated rings. The maximum atomic E-state index is 13.7. The first kappa shape index (κ1) is 27.7. The lowest BCUT2D eigenvalue weighted by Gasteiger charge is -2.34. The molecule has 40 heavy (non-hydrogen) atoms. The van der Waals surface area contributed by atoms with Gasteiger partial charge >= 0.3 is 5.97 Å². The zero-order chi connectivity index (χ0) is 28.3. The molecule has 5 rings (SSSR count). The van der Waals surface area contributed by atoms with E-state index in [9.17, 15) is 9.59 Å². The summed E-state index contributed by atoms with van der Waals surface area (Å²) in [6, 6.07) is 21.8. The molecule has 0 atom stereocenters. The van der Waals surface area contributed by atoms with Crippen molar-refractivity contribution in [3.8, 4) is 5.75 Å². The van der Waals surface area contributed by atoms with Crippen LogP contribution >= 0.6 is 0 Å². The van der Waals surface area contributed by atoms with Gasteiger partial charge in [-0.1, -0.05) is 60.5 Å². The molecule has 0 aliphatic heterocycles. The smallest absolute Gasteiger partial charge is 0.338 e. The molecule has 0 bridgehead atoms. The van der Waals surface area contributed by atoms with Gasteiger partial charge in [-0.15, -0.1) is 0 Å². The molecule has 0 amide bonds. The fourth-order valence-electron chi connectivity index (χ4n) is 5.86. The molecule has 1 aromatic heterocycles. The Morgan fingerprint density at radius 2 is 1.60 bits per heavy atom. The molecule has 0 unspecified atom stereocenters. The number of nitrogens with zero attached hydrogens (tertiary/aromatic N) is 1. The summed E-state index contributed by atoms with van der Waals surface area (Å²) in [6.07, 6.45) is 4.41. The van der Waals surface area contributed by atoms with E-state index in [4.69, 9.17) is 14.2 Å². The second-order valence-electron chi connectivity index (χ2n) is 10.8. The molecule has 0 N–H and O–H groups in total. The largest absolute Gasteiger partial charge is 0.497 e. The number of rotatable bonds is 9. The van der Waals surface area contributed by atoms with Gasteiger partial charge in [0.05, 0.1) is 31.9 Å². The molecule has 1 heterocycles. The molecule has 1 aliphatic carbocycles. The van der Waals surface area contributed by atoms with E-state index in [1.807, 2.05) is 68.4 Å². The highest BCUT2D eigenvalue weighted by molar-refractivity contribution is 6.17. The second kappa shape index (κ2) is 11.7. The molecular formula is C34H37NO5. The Bertz CT molecular complexity index is 1530. The number of fused-ring (bicyclic) bond motifs is 1. The molecule has 0 spiro atoms. The summed E-state index contributed by atoms with van der Waals surface area (Å²) in [5.41, 5.74) is 5.55. The Kier molecular flexibility index (Phi) is 8.08. The van der Waals surface area contributed by atoms with Crippen molar-refractivity contribution in [2.75, 3.05) is 14.2 Å².